The van der Waals surface area contributed by atoms with E-state index in [9.17, 15) is 4.79 Å². The van der Waals surface area contributed by atoms with E-state index in [4.69, 9.17) is 11.6 Å². The summed E-state index contributed by atoms with van der Waals surface area (Å²) < 4.78 is 0. The standard InChI is InChI=1S/C10H12ClN3O/c1-14-6-9(12-13-10(14)15)7-2-4-8(11)5-3-7/h2-5,9,12H,6H2,1H3,(H,13,15). The highest BCUT2D eigenvalue weighted by molar-refractivity contribution is 6.30. The van der Waals surface area contributed by atoms with Gasteiger partial charge in [0.25, 0.3) is 0 Å². The predicted octanol–water partition coefficient (Wildman–Crippen LogP) is 1.54. The Hall–Kier alpha value is -1.26. The molecule has 15 heavy (non-hydrogen) atoms. The number of amides is 2. The van der Waals surface area contributed by atoms with Crippen molar-refractivity contribution in [1.29, 1.82) is 0 Å². The maximum Gasteiger partial charge on any atom is 0.331 e. The molecule has 0 bridgehead atoms. The van der Waals surface area contributed by atoms with E-state index in [1.165, 1.54) is 0 Å². The molecule has 1 unspecified atom stereocenters. The average Bonchev–Trinajstić information content (AvgIpc) is 2.23. The summed E-state index contributed by atoms with van der Waals surface area (Å²) in [5.41, 5.74) is 6.65. The van der Waals surface area contributed by atoms with E-state index in [1.807, 2.05) is 24.3 Å². The Morgan fingerprint density at radius 3 is 2.67 bits per heavy atom. The fraction of sp³-hybridized carbons (Fsp3) is 0.300. The van der Waals surface area contributed by atoms with Crippen molar-refractivity contribution in [3.63, 3.8) is 0 Å². The van der Waals surface area contributed by atoms with Gasteiger partial charge in [-0.2, -0.15) is 0 Å². The quantitative estimate of drug-likeness (QED) is 0.762. The SMILES string of the molecule is CN1CC(c2ccc(Cl)cc2)NNC1=O. The molecule has 80 valence electrons. The summed E-state index contributed by atoms with van der Waals surface area (Å²) in [6.07, 6.45) is 0. The van der Waals surface area contributed by atoms with Crippen LogP contribution in [0.5, 0.6) is 0 Å². The maximum absolute atomic E-state index is 11.2. The van der Waals surface area contributed by atoms with Crippen LogP contribution in [0.3, 0.4) is 0 Å². The molecule has 2 rings (SSSR count). The molecule has 0 saturated carbocycles. The van der Waals surface area contributed by atoms with Gasteiger partial charge in [-0.05, 0) is 17.7 Å². The summed E-state index contributed by atoms with van der Waals surface area (Å²) >= 11 is 5.80. The lowest BCUT2D eigenvalue weighted by molar-refractivity contribution is 0.175. The molecule has 0 spiro atoms. The first kappa shape index (κ1) is 10.3. The number of nitrogens with one attached hydrogen (secondary N) is 2. The van der Waals surface area contributed by atoms with Crippen LogP contribution in [0, 0.1) is 0 Å². The summed E-state index contributed by atoms with van der Waals surface area (Å²) in [6, 6.07) is 7.57. The molecular formula is C10H12ClN3O. The van der Waals surface area contributed by atoms with Gasteiger partial charge in [-0.15, -0.1) is 0 Å². The lowest BCUT2D eigenvalue weighted by Crippen LogP contribution is -2.55. The number of benzene rings is 1. The molecule has 0 radical (unpaired) electrons. The number of rotatable bonds is 1. The molecule has 1 aliphatic heterocycles. The molecule has 0 aromatic heterocycles. The van der Waals surface area contributed by atoms with E-state index in [-0.39, 0.29) is 12.1 Å². The number of carbonyl (C=O) groups is 1. The lowest BCUT2D eigenvalue weighted by atomic mass is 10.1. The van der Waals surface area contributed by atoms with Crippen molar-refractivity contribution in [2.24, 2.45) is 0 Å². The van der Waals surface area contributed by atoms with Gasteiger partial charge in [0, 0.05) is 18.6 Å². The second-order valence-electron chi connectivity index (χ2n) is 3.56. The van der Waals surface area contributed by atoms with Gasteiger partial charge in [0.15, 0.2) is 0 Å². The highest BCUT2D eigenvalue weighted by Gasteiger charge is 2.22. The minimum absolute atomic E-state index is 0.102. The largest absolute Gasteiger partial charge is 0.331 e. The van der Waals surface area contributed by atoms with Crippen molar-refractivity contribution in [2.75, 3.05) is 13.6 Å². The van der Waals surface area contributed by atoms with Gasteiger partial charge >= 0.3 is 6.03 Å². The Morgan fingerprint density at radius 2 is 2.07 bits per heavy atom. The molecule has 0 aliphatic carbocycles. The number of likely N-dealkylation sites (N-methyl/N-ethyl adjacent to an activating group) is 1. The van der Waals surface area contributed by atoms with Crippen LogP contribution < -0.4 is 10.9 Å². The Bertz CT molecular complexity index is 365. The Labute approximate surface area is 93.2 Å². The fourth-order valence-electron chi connectivity index (χ4n) is 1.53. The molecule has 2 amide bonds. The number of hydrogen-bond acceptors (Lipinski definition) is 2. The zero-order valence-electron chi connectivity index (χ0n) is 8.33. The molecule has 1 heterocycles. The minimum atomic E-state index is -0.111. The third-order valence-corrected chi connectivity index (χ3v) is 2.68. The zero-order valence-corrected chi connectivity index (χ0v) is 9.08. The highest BCUT2D eigenvalue weighted by atomic mass is 35.5. The van der Waals surface area contributed by atoms with Gasteiger partial charge in [0.2, 0.25) is 0 Å². The molecular weight excluding hydrogens is 214 g/mol. The first-order chi connectivity index (χ1) is 7.16. The zero-order chi connectivity index (χ0) is 10.8. The van der Waals surface area contributed by atoms with Crippen molar-refractivity contribution >= 4 is 17.6 Å². The Balaban J connectivity index is 2.12. The average molecular weight is 226 g/mol. The molecule has 1 aromatic carbocycles. The molecule has 1 saturated heterocycles. The third-order valence-electron chi connectivity index (χ3n) is 2.43. The van der Waals surface area contributed by atoms with E-state index in [2.05, 4.69) is 10.9 Å². The first-order valence-corrected chi connectivity index (χ1v) is 5.07. The molecule has 1 atom stereocenters. The molecule has 2 N–H and O–H groups in total. The molecule has 1 aromatic rings. The second-order valence-corrected chi connectivity index (χ2v) is 4.00. The second kappa shape index (κ2) is 4.08. The number of halogens is 1. The number of urea groups is 1. The monoisotopic (exact) mass is 225 g/mol. The van der Waals surface area contributed by atoms with Crippen LogP contribution in [-0.2, 0) is 0 Å². The van der Waals surface area contributed by atoms with Gasteiger partial charge in [-0.25, -0.2) is 10.2 Å². The molecule has 1 aliphatic rings. The highest BCUT2D eigenvalue weighted by Crippen LogP contribution is 2.18. The minimum Gasteiger partial charge on any atom is -0.325 e. The predicted molar refractivity (Wildman–Crippen MR) is 58.5 cm³/mol. The van der Waals surface area contributed by atoms with Crippen molar-refractivity contribution in [1.82, 2.24) is 15.8 Å². The van der Waals surface area contributed by atoms with Gasteiger partial charge < -0.3 is 4.90 Å². The van der Waals surface area contributed by atoms with Crippen molar-refractivity contribution in [3.05, 3.63) is 34.9 Å². The topological polar surface area (TPSA) is 44.4 Å². The lowest BCUT2D eigenvalue weighted by Gasteiger charge is -2.31. The Morgan fingerprint density at radius 1 is 1.40 bits per heavy atom. The third kappa shape index (κ3) is 2.22. The van der Waals surface area contributed by atoms with Crippen LogP contribution in [0.15, 0.2) is 24.3 Å². The number of carbonyl (C=O) groups excluding carboxylic acids is 1. The molecule has 5 heteroatoms. The van der Waals surface area contributed by atoms with E-state index in [0.29, 0.717) is 11.6 Å². The summed E-state index contributed by atoms with van der Waals surface area (Å²) in [4.78, 5) is 12.8. The van der Waals surface area contributed by atoms with Gasteiger partial charge in [-0.3, -0.25) is 5.43 Å². The normalized spacial score (nSPS) is 21.3. The van der Waals surface area contributed by atoms with Crippen molar-refractivity contribution < 1.29 is 4.79 Å². The fourth-order valence-corrected chi connectivity index (χ4v) is 1.66. The van der Waals surface area contributed by atoms with E-state index < -0.39 is 0 Å². The van der Waals surface area contributed by atoms with Crippen molar-refractivity contribution in [3.8, 4) is 0 Å². The van der Waals surface area contributed by atoms with Crippen LogP contribution in [0.25, 0.3) is 0 Å². The summed E-state index contributed by atoms with van der Waals surface area (Å²) in [6.45, 7) is 0.646. The van der Waals surface area contributed by atoms with Crippen LogP contribution >= 0.6 is 11.6 Å². The first-order valence-electron chi connectivity index (χ1n) is 4.69. The summed E-state index contributed by atoms with van der Waals surface area (Å²) in [7, 11) is 1.76. The number of nitrogens with zero attached hydrogens (tertiary/aromatic N) is 1. The van der Waals surface area contributed by atoms with E-state index >= 15 is 0 Å². The van der Waals surface area contributed by atoms with Crippen LogP contribution in [0.4, 0.5) is 4.79 Å². The van der Waals surface area contributed by atoms with Crippen molar-refractivity contribution in [2.45, 2.75) is 6.04 Å². The summed E-state index contributed by atoms with van der Waals surface area (Å²) in [5, 5.41) is 0.715. The van der Waals surface area contributed by atoms with Crippen LogP contribution in [-0.4, -0.2) is 24.5 Å². The van der Waals surface area contributed by atoms with Crippen LogP contribution in [0.1, 0.15) is 11.6 Å². The van der Waals surface area contributed by atoms with E-state index in [1.54, 1.807) is 11.9 Å². The van der Waals surface area contributed by atoms with E-state index in [0.717, 1.165) is 5.56 Å². The Kier molecular flexibility index (Phi) is 2.79. The molecule has 1 fully saturated rings. The van der Waals surface area contributed by atoms with Crippen LogP contribution in [0.2, 0.25) is 5.02 Å². The molecule has 4 nitrogen and oxygen atoms in total. The number of hydrogen-bond donors (Lipinski definition) is 2. The maximum atomic E-state index is 11.2. The summed E-state index contributed by atoms with van der Waals surface area (Å²) in [5.74, 6) is 0. The van der Waals surface area contributed by atoms with Gasteiger partial charge in [-0.1, -0.05) is 23.7 Å². The smallest absolute Gasteiger partial charge is 0.325 e. The van der Waals surface area contributed by atoms with Gasteiger partial charge in [0.1, 0.15) is 0 Å². The number of hydrazine groups is 1. The van der Waals surface area contributed by atoms with Gasteiger partial charge in [0.05, 0.1) is 6.04 Å².